The first-order valence-corrected chi connectivity index (χ1v) is 15.7. The molecule has 0 aliphatic heterocycles. The van der Waals surface area contributed by atoms with E-state index in [1.54, 1.807) is 39.5 Å². The smallest absolute Gasteiger partial charge is 0.246 e. The topological polar surface area (TPSA) is 159 Å². The first-order valence-electron chi connectivity index (χ1n) is 15.7. The number of carbonyl (C=O) groups excluding carboxylic acids is 2. The van der Waals surface area contributed by atoms with Crippen LogP contribution in [-0.4, -0.2) is 59.4 Å². The summed E-state index contributed by atoms with van der Waals surface area (Å²) in [6, 6.07) is 12.9. The molecule has 13 heteroatoms. The molecule has 1 aliphatic rings. The highest BCUT2D eigenvalue weighted by atomic mass is 16.5. The van der Waals surface area contributed by atoms with Crippen molar-refractivity contribution >= 4 is 23.2 Å². The Labute approximate surface area is 279 Å². The average molecular weight is 656 g/mol. The number of methoxy groups -OCH3 is 3. The van der Waals surface area contributed by atoms with E-state index in [0.29, 0.717) is 64.7 Å². The molecule has 1 heterocycles. The molecule has 0 unspecified atom stereocenters. The molecule has 3 N–H and O–H groups in total. The van der Waals surface area contributed by atoms with Crippen LogP contribution in [0, 0.1) is 5.92 Å². The van der Waals surface area contributed by atoms with Crippen LogP contribution in [0.1, 0.15) is 50.8 Å². The molecule has 0 saturated carbocycles. The minimum absolute atomic E-state index is 0.122. The SMILES string of the molecule is COc1cc2c(c(OC)c1OC)-c1ccc(N[C@@H](CC(C)C)C(=O)Nc3ccccc3-c3nnn(C)n3)c(=O)cc1[C@@H](NC(C)=O)CC2. The molecule has 0 radical (unpaired) electrons. The summed E-state index contributed by atoms with van der Waals surface area (Å²) in [5.41, 5.74) is 4.01. The fourth-order valence-corrected chi connectivity index (χ4v) is 6.12. The van der Waals surface area contributed by atoms with Crippen LogP contribution in [0.4, 0.5) is 11.4 Å². The number of hydrogen-bond donors (Lipinski definition) is 3. The summed E-state index contributed by atoms with van der Waals surface area (Å²) in [5, 5.41) is 21.5. The molecule has 4 aromatic rings. The largest absolute Gasteiger partial charge is 0.493 e. The van der Waals surface area contributed by atoms with E-state index in [9.17, 15) is 14.4 Å². The van der Waals surface area contributed by atoms with Crippen LogP contribution in [0.15, 0.2) is 53.3 Å². The van der Waals surface area contributed by atoms with Gasteiger partial charge in [0.15, 0.2) is 11.5 Å². The van der Waals surface area contributed by atoms with Gasteiger partial charge in [-0.25, -0.2) is 0 Å². The van der Waals surface area contributed by atoms with Crippen molar-refractivity contribution in [2.24, 2.45) is 13.0 Å². The lowest BCUT2D eigenvalue weighted by Gasteiger charge is -2.21. The van der Waals surface area contributed by atoms with Gasteiger partial charge in [0.2, 0.25) is 28.8 Å². The van der Waals surface area contributed by atoms with E-state index < -0.39 is 12.1 Å². The quantitative estimate of drug-likeness (QED) is 0.210. The standard InChI is InChI=1S/C35H41N7O6/c1-19(2)16-28(35(45)38-25-11-9-8-10-23(25)34-39-41-42(4)40-34)37-27-15-13-22-24(18-29(27)44)26(36-20(3)43)14-12-21-17-30(46-5)32(47-6)33(48-7)31(21)22/h8-11,13,15,17-19,26,28H,12,14,16H2,1-7H3,(H,36,43)(H,37,44)(H,38,45)/t26-,28-/m0/s1. The zero-order valence-electron chi connectivity index (χ0n) is 28.2. The third-order valence-corrected chi connectivity index (χ3v) is 8.20. The predicted molar refractivity (Wildman–Crippen MR) is 182 cm³/mol. The second-order valence-electron chi connectivity index (χ2n) is 12.1. The van der Waals surface area contributed by atoms with Crippen molar-refractivity contribution in [3.63, 3.8) is 0 Å². The maximum atomic E-state index is 14.0. The predicted octanol–water partition coefficient (Wildman–Crippen LogP) is 4.52. The van der Waals surface area contributed by atoms with Gasteiger partial charge in [-0.1, -0.05) is 32.0 Å². The summed E-state index contributed by atoms with van der Waals surface area (Å²) in [4.78, 5) is 41.5. The number of aromatic nitrogens is 4. The number of anilines is 2. The Morgan fingerprint density at radius 2 is 1.73 bits per heavy atom. The number of amides is 2. The average Bonchev–Trinajstić information content (AvgIpc) is 3.36. The lowest BCUT2D eigenvalue weighted by molar-refractivity contribution is -0.120. The van der Waals surface area contributed by atoms with Crippen molar-refractivity contribution in [3.8, 4) is 39.8 Å². The van der Waals surface area contributed by atoms with E-state index in [4.69, 9.17) is 14.2 Å². The number of tetrazole rings is 1. The summed E-state index contributed by atoms with van der Waals surface area (Å²) in [7, 11) is 6.32. The third kappa shape index (κ3) is 7.09. The number of benzene rings is 2. The minimum Gasteiger partial charge on any atom is -0.493 e. The van der Waals surface area contributed by atoms with Gasteiger partial charge in [-0.3, -0.25) is 14.4 Å². The molecule has 0 spiro atoms. The Morgan fingerprint density at radius 3 is 2.38 bits per heavy atom. The van der Waals surface area contributed by atoms with E-state index in [1.165, 1.54) is 24.9 Å². The van der Waals surface area contributed by atoms with E-state index in [1.807, 2.05) is 38.1 Å². The van der Waals surface area contributed by atoms with Crippen molar-refractivity contribution < 1.29 is 23.8 Å². The Kier molecular flexibility index (Phi) is 10.3. The zero-order valence-corrected chi connectivity index (χ0v) is 28.2. The Morgan fingerprint density at radius 1 is 0.979 bits per heavy atom. The molecule has 2 amide bonds. The molecule has 0 bridgehead atoms. The van der Waals surface area contributed by atoms with Gasteiger partial charge in [-0.15, -0.1) is 10.2 Å². The van der Waals surface area contributed by atoms with Crippen molar-refractivity contribution in [2.45, 2.75) is 52.1 Å². The molecular weight excluding hydrogens is 614 g/mol. The number of carbonyl (C=O) groups is 2. The highest BCUT2D eigenvalue weighted by Crippen LogP contribution is 2.50. The Hall–Kier alpha value is -5.46. The Bertz CT molecular complexity index is 1890. The minimum atomic E-state index is -0.764. The first-order chi connectivity index (χ1) is 23.0. The van der Waals surface area contributed by atoms with Gasteiger partial charge in [0.1, 0.15) is 6.04 Å². The van der Waals surface area contributed by atoms with Gasteiger partial charge in [-0.05, 0) is 77.4 Å². The van der Waals surface area contributed by atoms with Gasteiger partial charge in [0, 0.05) is 18.1 Å². The van der Waals surface area contributed by atoms with Crippen LogP contribution in [0.3, 0.4) is 0 Å². The maximum absolute atomic E-state index is 14.0. The van der Waals surface area contributed by atoms with E-state index in [2.05, 4.69) is 31.4 Å². The third-order valence-electron chi connectivity index (χ3n) is 8.20. The van der Waals surface area contributed by atoms with Crippen molar-refractivity contribution in [2.75, 3.05) is 32.0 Å². The molecular formula is C35H41N7O6. The number of fused-ring (bicyclic) bond motifs is 3. The lowest BCUT2D eigenvalue weighted by atomic mass is 9.95. The van der Waals surface area contributed by atoms with Gasteiger partial charge < -0.3 is 30.2 Å². The van der Waals surface area contributed by atoms with Crippen LogP contribution in [-0.2, 0) is 23.1 Å². The highest BCUT2D eigenvalue weighted by Gasteiger charge is 2.30. The Balaban J connectivity index is 1.58. The number of nitrogens with one attached hydrogen (secondary N) is 3. The normalized spacial score (nSPS) is 14.2. The fourth-order valence-electron chi connectivity index (χ4n) is 6.12. The van der Waals surface area contributed by atoms with Gasteiger partial charge in [0.25, 0.3) is 0 Å². The van der Waals surface area contributed by atoms with Crippen LogP contribution in [0.25, 0.3) is 22.5 Å². The molecule has 2 atom stereocenters. The summed E-state index contributed by atoms with van der Waals surface area (Å²) in [6.45, 7) is 5.47. The number of para-hydroxylation sites is 1. The number of aryl methyl sites for hydroxylation is 2. The fraction of sp³-hybridized carbons (Fsp3) is 0.371. The molecule has 3 aromatic carbocycles. The van der Waals surface area contributed by atoms with Gasteiger partial charge in [-0.2, -0.15) is 4.80 Å². The van der Waals surface area contributed by atoms with Gasteiger partial charge >= 0.3 is 0 Å². The summed E-state index contributed by atoms with van der Waals surface area (Å²) in [6.07, 6.45) is 1.55. The zero-order chi connectivity index (χ0) is 34.5. The van der Waals surface area contributed by atoms with E-state index in [0.717, 1.165) is 11.1 Å². The maximum Gasteiger partial charge on any atom is 0.246 e. The lowest BCUT2D eigenvalue weighted by Crippen LogP contribution is -2.37. The number of hydrogen-bond acceptors (Lipinski definition) is 10. The van der Waals surface area contributed by atoms with Crippen molar-refractivity contribution in [1.82, 2.24) is 25.5 Å². The molecule has 0 saturated heterocycles. The molecule has 48 heavy (non-hydrogen) atoms. The van der Waals surface area contributed by atoms with Crippen molar-refractivity contribution in [1.29, 1.82) is 0 Å². The summed E-state index contributed by atoms with van der Waals surface area (Å²) in [5.74, 6) is 1.34. The van der Waals surface area contributed by atoms with Crippen LogP contribution in [0.2, 0.25) is 0 Å². The first kappa shape index (κ1) is 33.9. The molecule has 1 aliphatic carbocycles. The number of rotatable bonds is 11. The molecule has 5 rings (SSSR count). The summed E-state index contributed by atoms with van der Waals surface area (Å²) >= 11 is 0. The molecule has 252 valence electrons. The number of nitrogens with zero attached hydrogens (tertiary/aromatic N) is 4. The molecule has 0 fully saturated rings. The van der Waals surface area contributed by atoms with E-state index in [-0.39, 0.29) is 28.8 Å². The summed E-state index contributed by atoms with van der Waals surface area (Å²) < 4.78 is 17.2. The monoisotopic (exact) mass is 655 g/mol. The second-order valence-corrected chi connectivity index (χ2v) is 12.1. The van der Waals surface area contributed by atoms with E-state index >= 15 is 0 Å². The molecule has 13 nitrogen and oxygen atoms in total. The van der Waals surface area contributed by atoms with Crippen molar-refractivity contribution in [3.05, 3.63) is 69.9 Å². The van der Waals surface area contributed by atoms with Gasteiger partial charge in [0.05, 0.1) is 45.8 Å². The number of ether oxygens (including phenoxy) is 3. The molecule has 1 aromatic heterocycles. The van der Waals surface area contributed by atoms with Crippen LogP contribution in [0.5, 0.6) is 17.2 Å². The van der Waals surface area contributed by atoms with Crippen LogP contribution >= 0.6 is 0 Å². The van der Waals surface area contributed by atoms with Crippen LogP contribution < -0.4 is 35.6 Å². The second kappa shape index (κ2) is 14.5. The highest BCUT2D eigenvalue weighted by molar-refractivity contribution is 5.99.